The smallest absolute Gasteiger partial charge is 0.306 e. The van der Waals surface area contributed by atoms with Gasteiger partial charge in [0.2, 0.25) is 0 Å². The van der Waals surface area contributed by atoms with Gasteiger partial charge in [-0.2, -0.15) is 0 Å². The number of rotatable bonds is 54. The van der Waals surface area contributed by atoms with Crippen LogP contribution >= 0.6 is 0 Å². The van der Waals surface area contributed by atoms with Crippen LogP contribution < -0.4 is 0 Å². The summed E-state index contributed by atoms with van der Waals surface area (Å²) in [5.41, 5.74) is 0. The molecular weight excluding hydrogens is 829 g/mol. The van der Waals surface area contributed by atoms with Crippen molar-refractivity contribution in [2.24, 2.45) is 17.8 Å². The number of esters is 3. The first-order chi connectivity index (χ1) is 32.6. The van der Waals surface area contributed by atoms with E-state index in [1.54, 1.807) is 0 Å². The average Bonchev–Trinajstić information content (AvgIpc) is 3.30. The Bertz CT molecular complexity index is 1040. The van der Waals surface area contributed by atoms with Gasteiger partial charge in [-0.1, -0.05) is 298 Å². The Morgan fingerprint density at radius 3 is 0.776 bits per heavy atom. The highest BCUT2D eigenvalue weighted by Crippen LogP contribution is 2.19. The van der Waals surface area contributed by atoms with Crippen LogP contribution in [0.2, 0.25) is 0 Å². The lowest BCUT2D eigenvalue weighted by Gasteiger charge is -2.18. The topological polar surface area (TPSA) is 78.9 Å². The zero-order chi connectivity index (χ0) is 49.1. The summed E-state index contributed by atoms with van der Waals surface area (Å²) in [6.07, 6.45) is 55.3. The van der Waals surface area contributed by atoms with Gasteiger partial charge in [0.15, 0.2) is 6.10 Å². The van der Waals surface area contributed by atoms with E-state index in [2.05, 4.69) is 41.5 Å². The molecule has 6 heteroatoms. The molecule has 0 rings (SSSR count). The molecule has 0 aliphatic heterocycles. The van der Waals surface area contributed by atoms with E-state index in [1.165, 1.54) is 218 Å². The summed E-state index contributed by atoms with van der Waals surface area (Å²) in [6, 6.07) is 0. The molecule has 0 fully saturated rings. The number of carbonyl (C=O) groups excluding carboxylic acids is 3. The fraction of sp³-hybridized carbons (Fsp3) is 0.951. The maximum atomic E-state index is 12.8. The van der Waals surface area contributed by atoms with Gasteiger partial charge in [-0.3, -0.25) is 14.4 Å². The highest BCUT2D eigenvalue weighted by atomic mass is 16.6. The number of ether oxygens (including phenoxy) is 3. The van der Waals surface area contributed by atoms with Crippen molar-refractivity contribution < 1.29 is 28.6 Å². The second-order valence-electron chi connectivity index (χ2n) is 22.2. The van der Waals surface area contributed by atoms with Gasteiger partial charge < -0.3 is 14.2 Å². The second-order valence-corrected chi connectivity index (χ2v) is 22.2. The van der Waals surface area contributed by atoms with Gasteiger partial charge in [0.25, 0.3) is 0 Å². The average molecular weight is 948 g/mol. The van der Waals surface area contributed by atoms with E-state index >= 15 is 0 Å². The van der Waals surface area contributed by atoms with Crippen LogP contribution in [-0.4, -0.2) is 37.2 Å². The highest BCUT2D eigenvalue weighted by Gasteiger charge is 2.19. The number of hydrogen-bond donors (Lipinski definition) is 0. The summed E-state index contributed by atoms with van der Waals surface area (Å²) in [7, 11) is 0. The summed E-state index contributed by atoms with van der Waals surface area (Å²) in [4.78, 5) is 38.2. The molecule has 0 spiro atoms. The summed E-state index contributed by atoms with van der Waals surface area (Å²) in [6.45, 7) is 13.8. The standard InChI is InChI=1S/C61H118O6/c1-7-57(6)49-43-37-31-27-28-34-40-46-52-61(64)67-58(54-66-60(63)51-45-39-33-26-22-18-14-16-20-24-30-36-42-48-56(4)5)53-65-59(62)50-44-38-32-25-21-17-13-11-9-8-10-12-15-19-23-29-35-41-47-55(2)3/h55-58H,7-54H2,1-6H3/t57?,58-/m0/s1. The van der Waals surface area contributed by atoms with E-state index in [-0.39, 0.29) is 31.1 Å². The molecule has 0 aromatic carbocycles. The molecule has 0 aromatic heterocycles. The molecule has 1 unspecified atom stereocenters. The van der Waals surface area contributed by atoms with Crippen LogP contribution in [-0.2, 0) is 28.6 Å². The minimum absolute atomic E-state index is 0.0636. The molecular formula is C61H118O6. The molecule has 0 saturated heterocycles. The Labute approximate surface area is 418 Å². The maximum Gasteiger partial charge on any atom is 0.306 e. The first-order valence-corrected chi connectivity index (χ1v) is 30.1. The second kappa shape index (κ2) is 52.2. The number of carbonyl (C=O) groups is 3. The van der Waals surface area contributed by atoms with Crippen LogP contribution in [0.3, 0.4) is 0 Å². The molecule has 0 bridgehead atoms. The molecule has 0 aliphatic rings. The lowest BCUT2D eigenvalue weighted by atomic mass is 9.99. The van der Waals surface area contributed by atoms with E-state index in [1.807, 2.05) is 0 Å². The normalized spacial score (nSPS) is 12.5. The monoisotopic (exact) mass is 947 g/mol. The van der Waals surface area contributed by atoms with Crippen molar-refractivity contribution in [2.75, 3.05) is 13.2 Å². The van der Waals surface area contributed by atoms with Crippen LogP contribution in [0.25, 0.3) is 0 Å². The Morgan fingerprint density at radius 1 is 0.299 bits per heavy atom. The van der Waals surface area contributed by atoms with Crippen LogP contribution in [0.5, 0.6) is 0 Å². The van der Waals surface area contributed by atoms with Crippen LogP contribution in [0.1, 0.15) is 337 Å². The summed E-state index contributed by atoms with van der Waals surface area (Å²) in [5, 5.41) is 0. The molecule has 6 nitrogen and oxygen atoms in total. The third-order valence-electron chi connectivity index (χ3n) is 14.3. The van der Waals surface area contributed by atoms with Gasteiger partial charge >= 0.3 is 17.9 Å². The Morgan fingerprint density at radius 2 is 0.522 bits per heavy atom. The molecule has 0 heterocycles. The zero-order valence-electron chi connectivity index (χ0n) is 46.2. The Hall–Kier alpha value is -1.59. The van der Waals surface area contributed by atoms with Crippen molar-refractivity contribution in [3.8, 4) is 0 Å². The molecule has 0 aromatic rings. The molecule has 0 radical (unpaired) electrons. The van der Waals surface area contributed by atoms with Crippen molar-refractivity contribution in [1.82, 2.24) is 0 Å². The Kier molecular flexibility index (Phi) is 51.0. The lowest BCUT2D eigenvalue weighted by Crippen LogP contribution is -2.30. The summed E-state index contributed by atoms with van der Waals surface area (Å²) < 4.78 is 16.9. The third-order valence-corrected chi connectivity index (χ3v) is 14.3. The fourth-order valence-corrected chi connectivity index (χ4v) is 9.32. The van der Waals surface area contributed by atoms with Gasteiger partial charge in [0, 0.05) is 19.3 Å². The summed E-state index contributed by atoms with van der Waals surface area (Å²) >= 11 is 0. The molecule has 0 saturated carbocycles. The van der Waals surface area contributed by atoms with Crippen molar-refractivity contribution in [1.29, 1.82) is 0 Å². The van der Waals surface area contributed by atoms with E-state index in [9.17, 15) is 14.4 Å². The van der Waals surface area contributed by atoms with Crippen LogP contribution in [0.15, 0.2) is 0 Å². The number of hydrogen-bond acceptors (Lipinski definition) is 6. The molecule has 0 aliphatic carbocycles. The van der Waals surface area contributed by atoms with Crippen molar-refractivity contribution >= 4 is 17.9 Å². The quantitative estimate of drug-likeness (QED) is 0.0343. The largest absolute Gasteiger partial charge is 0.462 e. The van der Waals surface area contributed by atoms with Gasteiger partial charge in [-0.05, 0) is 37.0 Å². The first kappa shape index (κ1) is 65.4. The van der Waals surface area contributed by atoms with Gasteiger partial charge in [0.05, 0.1) is 0 Å². The third kappa shape index (κ3) is 53.6. The zero-order valence-corrected chi connectivity index (χ0v) is 46.2. The SMILES string of the molecule is CCC(C)CCCCCCCCCCC(=O)O[C@@H](COC(=O)CCCCCCCCCCCCCCCCCCCCC(C)C)COC(=O)CCCCCCCCCCCCCCCC(C)C. The van der Waals surface area contributed by atoms with Crippen molar-refractivity contribution in [2.45, 2.75) is 343 Å². The fourth-order valence-electron chi connectivity index (χ4n) is 9.32. The molecule has 2 atom stereocenters. The minimum Gasteiger partial charge on any atom is -0.462 e. The minimum atomic E-state index is -0.764. The van der Waals surface area contributed by atoms with E-state index < -0.39 is 6.10 Å². The van der Waals surface area contributed by atoms with Crippen molar-refractivity contribution in [3.05, 3.63) is 0 Å². The van der Waals surface area contributed by atoms with Gasteiger partial charge in [-0.25, -0.2) is 0 Å². The maximum absolute atomic E-state index is 12.8. The molecule has 67 heavy (non-hydrogen) atoms. The summed E-state index contributed by atoms with van der Waals surface area (Å²) in [5.74, 6) is 1.70. The highest BCUT2D eigenvalue weighted by molar-refractivity contribution is 5.71. The number of unbranched alkanes of at least 4 members (excludes halogenated alkanes) is 36. The Balaban J connectivity index is 4.24. The van der Waals surface area contributed by atoms with Crippen LogP contribution in [0.4, 0.5) is 0 Å². The predicted octanol–water partition coefficient (Wildman–Crippen LogP) is 19.9. The molecule has 0 amide bonds. The van der Waals surface area contributed by atoms with E-state index in [0.29, 0.717) is 19.3 Å². The van der Waals surface area contributed by atoms with E-state index in [4.69, 9.17) is 14.2 Å². The first-order valence-electron chi connectivity index (χ1n) is 30.1. The predicted molar refractivity (Wildman–Crippen MR) is 289 cm³/mol. The van der Waals surface area contributed by atoms with Gasteiger partial charge in [-0.15, -0.1) is 0 Å². The van der Waals surface area contributed by atoms with Crippen molar-refractivity contribution in [3.63, 3.8) is 0 Å². The van der Waals surface area contributed by atoms with Crippen LogP contribution in [0, 0.1) is 17.8 Å². The molecule has 398 valence electrons. The molecule has 0 N–H and O–H groups in total. The lowest BCUT2D eigenvalue weighted by molar-refractivity contribution is -0.167. The van der Waals surface area contributed by atoms with E-state index in [0.717, 1.165) is 75.5 Å². The van der Waals surface area contributed by atoms with Gasteiger partial charge in [0.1, 0.15) is 13.2 Å².